The zero-order valence-corrected chi connectivity index (χ0v) is 13.2. The van der Waals surface area contributed by atoms with E-state index in [-0.39, 0.29) is 12.2 Å². The lowest BCUT2D eigenvalue weighted by Gasteiger charge is -2.32. The summed E-state index contributed by atoms with van der Waals surface area (Å²) in [6, 6.07) is 0. The van der Waals surface area contributed by atoms with Crippen LogP contribution in [0.15, 0.2) is 10.7 Å². The predicted molar refractivity (Wildman–Crippen MR) is 75.9 cm³/mol. The molecular formula is C12H19BrN2O2S. The van der Waals surface area contributed by atoms with Gasteiger partial charge in [-0.25, -0.2) is 0 Å². The summed E-state index contributed by atoms with van der Waals surface area (Å²) in [5.41, 5.74) is 0. The highest BCUT2D eigenvalue weighted by Crippen LogP contribution is 2.22. The molecule has 102 valence electrons. The van der Waals surface area contributed by atoms with E-state index in [1.54, 1.807) is 11.5 Å². The van der Waals surface area contributed by atoms with Gasteiger partial charge in [0.25, 0.3) is 0 Å². The van der Waals surface area contributed by atoms with Gasteiger partial charge < -0.3 is 9.47 Å². The second kappa shape index (κ2) is 6.96. The molecule has 1 fully saturated rings. The lowest BCUT2D eigenvalue weighted by molar-refractivity contribution is -0.0812. The zero-order chi connectivity index (χ0) is 13.0. The molecular weight excluding hydrogens is 316 g/mol. The van der Waals surface area contributed by atoms with Crippen LogP contribution in [0.3, 0.4) is 0 Å². The van der Waals surface area contributed by atoms with Crippen LogP contribution in [0.4, 0.5) is 0 Å². The Balaban J connectivity index is 1.81. The number of rotatable bonds is 5. The number of aromatic nitrogens is 1. The van der Waals surface area contributed by atoms with E-state index in [0.29, 0.717) is 6.61 Å². The molecule has 1 atom stereocenters. The molecule has 0 N–H and O–H groups in total. The van der Waals surface area contributed by atoms with Crippen LogP contribution in [0.25, 0.3) is 0 Å². The Bertz CT molecular complexity index is 373. The molecule has 0 amide bonds. The Morgan fingerprint density at radius 3 is 3.17 bits per heavy atom. The fourth-order valence-corrected chi connectivity index (χ4v) is 3.13. The van der Waals surface area contributed by atoms with E-state index in [0.717, 1.165) is 30.7 Å². The summed E-state index contributed by atoms with van der Waals surface area (Å²) in [5, 5.41) is 0. The molecule has 0 bridgehead atoms. The van der Waals surface area contributed by atoms with Crippen molar-refractivity contribution >= 4 is 27.5 Å². The maximum absolute atomic E-state index is 5.72. The molecule has 1 saturated heterocycles. The van der Waals surface area contributed by atoms with Crippen LogP contribution < -0.4 is 0 Å². The molecule has 1 aromatic rings. The number of nitrogens with zero attached hydrogens (tertiary/aromatic N) is 2. The van der Waals surface area contributed by atoms with Crippen molar-refractivity contribution in [2.45, 2.75) is 32.6 Å². The van der Waals surface area contributed by atoms with Crippen molar-refractivity contribution < 1.29 is 9.47 Å². The Kier molecular flexibility index (Phi) is 5.56. The van der Waals surface area contributed by atoms with Gasteiger partial charge in [0.2, 0.25) is 0 Å². The SMILES string of the molecule is CC(C)OCC1CN(Cc2sncc2Br)CCO1. The van der Waals surface area contributed by atoms with Crippen LogP contribution in [-0.4, -0.2) is 47.8 Å². The third kappa shape index (κ3) is 4.28. The molecule has 4 nitrogen and oxygen atoms in total. The van der Waals surface area contributed by atoms with Gasteiger partial charge in [0.1, 0.15) is 0 Å². The molecule has 0 saturated carbocycles. The van der Waals surface area contributed by atoms with Gasteiger partial charge in [-0.15, -0.1) is 0 Å². The summed E-state index contributed by atoms with van der Waals surface area (Å²) in [4.78, 5) is 3.68. The number of halogens is 1. The minimum atomic E-state index is 0.188. The summed E-state index contributed by atoms with van der Waals surface area (Å²) < 4.78 is 16.6. The maximum atomic E-state index is 5.72. The molecule has 1 aliphatic rings. The van der Waals surface area contributed by atoms with Crippen LogP contribution in [0.1, 0.15) is 18.7 Å². The molecule has 2 rings (SSSR count). The predicted octanol–water partition coefficient (Wildman–Crippen LogP) is 2.53. The molecule has 2 heterocycles. The molecule has 6 heteroatoms. The Morgan fingerprint density at radius 2 is 2.50 bits per heavy atom. The monoisotopic (exact) mass is 334 g/mol. The molecule has 1 aliphatic heterocycles. The quantitative estimate of drug-likeness (QED) is 0.828. The number of hydrogen-bond donors (Lipinski definition) is 0. The van der Waals surface area contributed by atoms with Gasteiger partial charge in [0, 0.05) is 19.6 Å². The van der Waals surface area contributed by atoms with Crippen molar-refractivity contribution in [3.63, 3.8) is 0 Å². The van der Waals surface area contributed by atoms with Gasteiger partial charge in [-0.2, -0.15) is 4.37 Å². The molecule has 0 radical (unpaired) electrons. The van der Waals surface area contributed by atoms with Gasteiger partial charge in [-0.3, -0.25) is 4.90 Å². The first kappa shape index (κ1) is 14.4. The van der Waals surface area contributed by atoms with Crippen LogP contribution in [0.5, 0.6) is 0 Å². The average Bonchev–Trinajstić information content (AvgIpc) is 2.73. The first-order valence-corrected chi connectivity index (χ1v) is 7.76. The van der Waals surface area contributed by atoms with Gasteiger partial charge in [-0.1, -0.05) is 0 Å². The molecule has 0 spiro atoms. The third-order valence-electron chi connectivity index (χ3n) is 2.80. The lowest BCUT2D eigenvalue weighted by atomic mass is 10.2. The molecule has 18 heavy (non-hydrogen) atoms. The first-order valence-electron chi connectivity index (χ1n) is 6.19. The summed E-state index contributed by atoms with van der Waals surface area (Å²) >= 11 is 5.08. The van der Waals surface area contributed by atoms with Crippen LogP contribution in [-0.2, 0) is 16.0 Å². The minimum Gasteiger partial charge on any atom is -0.376 e. The van der Waals surface area contributed by atoms with E-state index < -0.39 is 0 Å². The van der Waals surface area contributed by atoms with E-state index in [1.807, 2.05) is 6.20 Å². The van der Waals surface area contributed by atoms with E-state index in [1.165, 1.54) is 4.88 Å². The third-order valence-corrected chi connectivity index (χ3v) is 4.53. The standard InChI is InChI=1S/C12H19BrN2O2S/c1-9(2)17-8-10-6-15(3-4-16-10)7-12-11(13)5-14-18-12/h5,9-10H,3-4,6-8H2,1-2H3. The van der Waals surface area contributed by atoms with Crippen molar-refractivity contribution in [2.75, 3.05) is 26.3 Å². The fourth-order valence-electron chi connectivity index (χ4n) is 1.88. The summed E-state index contributed by atoms with van der Waals surface area (Å²) in [6.45, 7) is 8.40. The van der Waals surface area contributed by atoms with Crippen molar-refractivity contribution in [1.82, 2.24) is 9.27 Å². The Hall–Kier alpha value is -0.0100. The Labute approximate surface area is 121 Å². The highest BCUT2D eigenvalue weighted by atomic mass is 79.9. The Morgan fingerprint density at radius 1 is 1.67 bits per heavy atom. The largest absolute Gasteiger partial charge is 0.376 e. The van der Waals surface area contributed by atoms with E-state index >= 15 is 0 Å². The van der Waals surface area contributed by atoms with Crippen molar-refractivity contribution in [1.29, 1.82) is 0 Å². The van der Waals surface area contributed by atoms with E-state index in [2.05, 4.69) is 39.1 Å². The smallest absolute Gasteiger partial charge is 0.0935 e. The summed E-state index contributed by atoms with van der Waals surface area (Å²) in [5.74, 6) is 0. The highest BCUT2D eigenvalue weighted by molar-refractivity contribution is 9.10. The molecule has 0 aromatic carbocycles. The fraction of sp³-hybridized carbons (Fsp3) is 0.750. The first-order chi connectivity index (χ1) is 8.65. The second-order valence-electron chi connectivity index (χ2n) is 4.71. The van der Waals surface area contributed by atoms with Crippen molar-refractivity contribution in [3.05, 3.63) is 15.5 Å². The minimum absolute atomic E-state index is 0.188. The maximum Gasteiger partial charge on any atom is 0.0935 e. The number of ether oxygens (including phenoxy) is 2. The number of hydrogen-bond acceptors (Lipinski definition) is 5. The molecule has 0 aliphatic carbocycles. The summed E-state index contributed by atoms with van der Waals surface area (Å²) in [6.07, 6.45) is 2.31. The second-order valence-corrected chi connectivity index (χ2v) is 6.45. The zero-order valence-electron chi connectivity index (χ0n) is 10.8. The average molecular weight is 335 g/mol. The van der Waals surface area contributed by atoms with Crippen LogP contribution in [0.2, 0.25) is 0 Å². The topological polar surface area (TPSA) is 34.6 Å². The molecule has 1 unspecified atom stereocenters. The normalized spacial score (nSPS) is 21.7. The molecule has 1 aromatic heterocycles. The van der Waals surface area contributed by atoms with Crippen molar-refractivity contribution in [3.8, 4) is 0 Å². The van der Waals surface area contributed by atoms with E-state index in [9.17, 15) is 0 Å². The van der Waals surface area contributed by atoms with Gasteiger partial charge in [0.15, 0.2) is 0 Å². The van der Waals surface area contributed by atoms with Gasteiger partial charge >= 0.3 is 0 Å². The summed E-state index contributed by atoms with van der Waals surface area (Å²) in [7, 11) is 0. The highest BCUT2D eigenvalue weighted by Gasteiger charge is 2.22. The van der Waals surface area contributed by atoms with Gasteiger partial charge in [0.05, 0.1) is 41.0 Å². The lowest BCUT2D eigenvalue weighted by Crippen LogP contribution is -2.44. The van der Waals surface area contributed by atoms with Crippen LogP contribution >= 0.6 is 27.5 Å². The van der Waals surface area contributed by atoms with Gasteiger partial charge in [-0.05, 0) is 41.3 Å². The van der Waals surface area contributed by atoms with Crippen LogP contribution in [0, 0.1) is 0 Å². The number of morpholine rings is 1. The van der Waals surface area contributed by atoms with E-state index in [4.69, 9.17) is 9.47 Å². The van der Waals surface area contributed by atoms with Crippen molar-refractivity contribution in [2.24, 2.45) is 0 Å².